The summed E-state index contributed by atoms with van der Waals surface area (Å²) in [5.41, 5.74) is 3.82. The summed E-state index contributed by atoms with van der Waals surface area (Å²) >= 11 is 0. The number of piperidine rings is 1. The van der Waals surface area contributed by atoms with Crippen molar-refractivity contribution in [3.05, 3.63) is 52.6 Å². The lowest BCUT2D eigenvalue weighted by Gasteiger charge is -2.38. The Morgan fingerprint density at radius 2 is 1.43 bits per heavy atom. The lowest BCUT2D eigenvalue weighted by atomic mass is 9.96. The maximum atomic E-state index is 13.5. The molecule has 0 atom stereocenters. The Kier molecular flexibility index (Phi) is 7.23. The third-order valence-corrected chi connectivity index (χ3v) is 9.53. The van der Waals surface area contributed by atoms with Crippen molar-refractivity contribution in [2.24, 2.45) is 5.92 Å². The molecule has 188 valence electrons. The van der Waals surface area contributed by atoms with Gasteiger partial charge in [0.2, 0.25) is 15.9 Å². The number of piperazine rings is 1. The summed E-state index contributed by atoms with van der Waals surface area (Å²) in [7, 11) is -3.63. The van der Waals surface area contributed by atoms with Crippen LogP contribution in [0.3, 0.4) is 0 Å². The molecule has 9 nitrogen and oxygen atoms in total. The largest absolute Gasteiger partial charge is 0.339 e. The molecule has 2 saturated heterocycles. The molecular formula is C25H33N5O4S. The number of carbonyl (C=O) groups excluding carboxylic acids is 2. The number of aromatic nitrogens is 2. The molecule has 0 radical (unpaired) electrons. The monoisotopic (exact) mass is 499 g/mol. The first kappa shape index (κ1) is 25.2. The summed E-state index contributed by atoms with van der Waals surface area (Å²) in [5, 5.41) is 0. The van der Waals surface area contributed by atoms with E-state index in [9.17, 15) is 18.0 Å². The van der Waals surface area contributed by atoms with Crippen molar-refractivity contribution in [3.8, 4) is 0 Å². The van der Waals surface area contributed by atoms with Crippen LogP contribution in [0.5, 0.6) is 0 Å². The Morgan fingerprint density at radius 3 is 1.97 bits per heavy atom. The molecule has 2 amide bonds. The van der Waals surface area contributed by atoms with E-state index in [1.807, 2.05) is 33.8 Å². The van der Waals surface area contributed by atoms with E-state index < -0.39 is 10.0 Å². The zero-order valence-electron chi connectivity index (χ0n) is 20.8. The number of benzene rings is 1. The molecular weight excluding hydrogens is 466 g/mol. The standard InChI is InChI=1S/C25H33N5O4S/c1-17-15-18(2)20(4)23(19(17)3)35(33,34)30-9-5-21(6-10-30)24(31)28-11-13-29(14-12-28)25(32)22-16-26-7-8-27-22/h7-8,15-16,21H,5-6,9-14H2,1-4H3. The topological polar surface area (TPSA) is 104 Å². The van der Waals surface area contributed by atoms with Crippen molar-refractivity contribution < 1.29 is 18.0 Å². The van der Waals surface area contributed by atoms with Gasteiger partial charge in [-0.05, 0) is 62.8 Å². The Morgan fingerprint density at radius 1 is 0.857 bits per heavy atom. The minimum atomic E-state index is -3.63. The lowest BCUT2D eigenvalue weighted by Crippen LogP contribution is -2.53. The van der Waals surface area contributed by atoms with Crippen LogP contribution in [-0.2, 0) is 14.8 Å². The lowest BCUT2D eigenvalue weighted by molar-refractivity contribution is -0.138. The molecule has 1 aromatic heterocycles. The fraction of sp³-hybridized carbons (Fsp3) is 0.520. The second-order valence-corrected chi connectivity index (χ2v) is 11.4. The van der Waals surface area contributed by atoms with E-state index in [-0.39, 0.29) is 17.7 Å². The van der Waals surface area contributed by atoms with Crippen molar-refractivity contribution >= 4 is 21.8 Å². The number of rotatable bonds is 4. The van der Waals surface area contributed by atoms with Gasteiger partial charge in [0.15, 0.2) is 0 Å². The smallest absolute Gasteiger partial charge is 0.274 e. The summed E-state index contributed by atoms with van der Waals surface area (Å²) in [4.78, 5) is 37.6. The van der Waals surface area contributed by atoms with Crippen molar-refractivity contribution in [2.75, 3.05) is 39.3 Å². The third-order valence-electron chi connectivity index (χ3n) is 7.36. The highest BCUT2D eigenvalue weighted by atomic mass is 32.2. The molecule has 3 heterocycles. The van der Waals surface area contributed by atoms with Gasteiger partial charge in [-0.25, -0.2) is 13.4 Å². The number of carbonyl (C=O) groups is 2. The number of aryl methyl sites for hydroxylation is 2. The third kappa shape index (κ3) is 4.95. The summed E-state index contributed by atoms with van der Waals surface area (Å²) in [6.07, 6.45) is 5.46. The van der Waals surface area contributed by atoms with E-state index >= 15 is 0 Å². The molecule has 0 spiro atoms. The number of amides is 2. The number of sulfonamides is 1. The number of nitrogens with zero attached hydrogens (tertiary/aromatic N) is 5. The predicted molar refractivity (Wildman–Crippen MR) is 131 cm³/mol. The van der Waals surface area contributed by atoms with Crippen LogP contribution in [-0.4, -0.2) is 83.6 Å². The quantitative estimate of drug-likeness (QED) is 0.638. The van der Waals surface area contributed by atoms with E-state index in [2.05, 4.69) is 9.97 Å². The van der Waals surface area contributed by atoms with Gasteiger partial charge in [0.05, 0.1) is 11.1 Å². The molecule has 0 saturated carbocycles. The van der Waals surface area contributed by atoms with Crippen molar-refractivity contribution in [3.63, 3.8) is 0 Å². The zero-order valence-corrected chi connectivity index (χ0v) is 21.6. The van der Waals surface area contributed by atoms with Gasteiger partial charge in [-0.1, -0.05) is 6.07 Å². The zero-order chi connectivity index (χ0) is 25.3. The first-order valence-corrected chi connectivity index (χ1v) is 13.5. The van der Waals surface area contributed by atoms with Crippen LogP contribution in [0.2, 0.25) is 0 Å². The Hall–Kier alpha value is -2.85. The normalized spacial score (nSPS) is 18.1. The first-order chi connectivity index (χ1) is 16.6. The van der Waals surface area contributed by atoms with E-state index in [0.717, 1.165) is 22.3 Å². The Balaban J connectivity index is 1.36. The van der Waals surface area contributed by atoms with Gasteiger partial charge >= 0.3 is 0 Å². The average molecular weight is 500 g/mol. The molecule has 10 heteroatoms. The van der Waals surface area contributed by atoms with Crippen LogP contribution < -0.4 is 0 Å². The van der Waals surface area contributed by atoms with Crippen molar-refractivity contribution in [2.45, 2.75) is 45.4 Å². The van der Waals surface area contributed by atoms with Gasteiger partial charge in [0.1, 0.15) is 5.69 Å². The minimum Gasteiger partial charge on any atom is -0.339 e. The summed E-state index contributed by atoms with van der Waals surface area (Å²) in [6.45, 7) is 10.1. The van der Waals surface area contributed by atoms with E-state index in [4.69, 9.17) is 0 Å². The van der Waals surface area contributed by atoms with E-state index in [0.29, 0.717) is 62.7 Å². The van der Waals surface area contributed by atoms with E-state index in [1.54, 1.807) is 9.80 Å². The van der Waals surface area contributed by atoms with Gasteiger partial charge in [-0.2, -0.15) is 4.31 Å². The van der Waals surface area contributed by atoms with Gasteiger partial charge in [-0.15, -0.1) is 0 Å². The second-order valence-electron chi connectivity index (χ2n) is 9.48. The molecule has 2 aliphatic rings. The van der Waals surface area contributed by atoms with Gasteiger partial charge in [0, 0.05) is 57.6 Å². The molecule has 0 unspecified atom stereocenters. The summed E-state index contributed by atoms with van der Waals surface area (Å²) in [6, 6.07) is 2.02. The molecule has 4 rings (SSSR count). The maximum Gasteiger partial charge on any atom is 0.274 e. The minimum absolute atomic E-state index is 0.0485. The summed E-state index contributed by atoms with van der Waals surface area (Å²) < 4.78 is 28.6. The molecule has 0 bridgehead atoms. The van der Waals surface area contributed by atoms with Crippen molar-refractivity contribution in [1.82, 2.24) is 24.1 Å². The Bertz CT molecular complexity index is 1190. The molecule has 35 heavy (non-hydrogen) atoms. The number of hydrogen-bond acceptors (Lipinski definition) is 6. The maximum absolute atomic E-state index is 13.5. The SMILES string of the molecule is Cc1cc(C)c(C)c(S(=O)(=O)N2CCC(C(=O)N3CCN(C(=O)c4cnccn4)CC3)CC2)c1C. The molecule has 2 aromatic rings. The fourth-order valence-corrected chi connectivity index (χ4v) is 7.05. The van der Waals surface area contributed by atoms with Crippen LogP contribution in [0.25, 0.3) is 0 Å². The second kappa shape index (κ2) is 10.0. The summed E-state index contributed by atoms with van der Waals surface area (Å²) in [5.74, 6) is -0.335. The predicted octanol–water partition coefficient (Wildman–Crippen LogP) is 2.10. The van der Waals surface area contributed by atoms with E-state index in [1.165, 1.54) is 22.9 Å². The highest BCUT2D eigenvalue weighted by Gasteiger charge is 2.36. The van der Waals surface area contributed by atoms with Crippen LogP contribution in [0.15, 0.2) is 29.6 Å². The Labute approximate surface area is 207 Å². The fourth-order valence-electron chi connectivity index (χ4n) is 5.00. The average Bonchev–Trinajstić information content (AvgIpc) is 2.87. The highest BCUT2D eigenvalue weighted by molar-refractivity contribution is 7.89. The molecule has 2 fully saturated rings. The van der Waals surface area contributed by atoms with Crippen molar-refractivity contribution in [1.29, 1.82) is 0 Å². The van der Waals surface area contributed by atoms with Crippen LogP contribution in [0, 0.1) is 33.6 Å². The first-order valence-electron chi connectivity index (χ1n) is 12.0. The van der Waals surface area contributed by atoms with Gasteiger partial charge < -0.3 is 9.80 Å². The molecule has 0 N–H and O–H groups in total. The number of hydrogen-bond donors (Lipinski definition) is 0. The van der Waals surface area contributed by atoms with Crippen LogP contribution >= 0.6 is 0 Å². The van der Waals surface area contributed by atoms with Crippen LogP contribution in [0.1, 0.15) is 45.6 Å². The molecule has 0 aliphatic carbocycles. The van der Waals surface area contributed by atoms with Gasteiger partial charge in [0.25, 0.3) is 5.91 Å². The molecule has 2 aliphatic heterocycles. The highest BCUT2D eigenvalue weighted by Crippen LogP contribution is 2.31. The van der Waals surface area contributed by atoms with Crippen LogP contribution in [0.4, 0.5) is 0 Å². The van der Waals surface area contributed by atoms with Gasteiger partial charge in [-0.3, -0.25) is 14.6 Å². The molecule has 1 aromatic carbocycles.